The fourth-order valence-corrected chi connectivity index (χ4v) is 3.72. The Hall–Kier alpha value is -4.05. The molecule has 0 fully saturated rings. The van der Waals surface area contributed by atoms with Crippen LogP contribution in [0.5, 0.6) is 0 Å². The molecule has 2 aromatic heterocycles. The Morgan fingerprint density at radius 3 is 2.38 bits per heavy atom. The second-order valence-electron chi connectivity index (χ2n) is 6.85. The first-order valence-corrected chi connectivity index (χ1v) is 10.6. The zero-order valence-electron chi connectivity index (χ0n) is 17.0. The number of nitrogens with one attached hydrogen (secondary N) is 1. The number of nitrogens with zero attached hydrogens (tertiary/aromatic N) is 5. The van der Waals surface area contributed by atoms with Crippen LogP contribution in [-0.4, -0.2) is 36.3 Å². The van der Waals surface area contributed by atoms with Crippen molar-refractivity contribution in [2.45, 2.75) is 12.1 Å². The van der Waals surface area contributed by atoms with E-state index in [0.29, 0.717) is 16.7 Å². The number of hydrogen-bond donors (Lipinski definition) is 1. The average Bonchev–Trinajstić information content (AvgIpc) is 3.23. The highest BCUT2D eigenvalue weighted by molar-refractivity contribution is 7.99. The number of carbonyl (C=O) groups is 1. The van der Waals surface area contributed by atoms with E-state index in [-0.39, 0.29) is 17.3 Å². The lowest BCUT2D eigenvalue weighted by molar-refractivity contribution is -0.384. The Kier molecular flexibility index (Phi) is 6.22. The van der Waals surface area contributed by atoms with Gasteiger partial charge in [-0.1, -0.05) is 29.5 Å². The number of anilines is 1. The van der Waals surface area contributed by atoms with Gasteiger partial charge in [0.2, 0.25) is 5.91 Å². The van der Waals surface area contributed by atoms with E-state index in [0.717, 1.165) is 16.8 Å². The summed E-state index contributed by atoms with van der Waals surface area (Å²) in [6, 6.07) is 17.3. The summed E-state index contributed by atoms with van der Waals surface area (Å²) >= 11 is 1.25. The number of aromatic nitrogens is 4. The van der Waals surface area contributed by atoms with E-state index >= 15 is 0 Å². The molecule has 9 nitrogen and oxygen atoms in total. The molecule has 1 amide bonds. The quantitative estimate of drug-likeness (QED) is 0.256. The molecule has 0 bridgehead atoms. The van der Waals surface area contributed by atoms with Gasteiger partial charge in [-0.15, -0.1) is 10.2 Å². The van der Waals surface area contributed by atoms with Crippen molar-refractivity contribution < 1.29 is 9.72 Å². The second-order valence-corrected chi connectivity index (χ2v) is 7.80. The number of pyridine rings is 1. The number of carbonyl (C=O) groups excluding carboxylic acids is 1. The van der Waals surface area contributed by atoms with E-state index in [1.54, 1.807) is 12.4 Å². The van der Waals surface area contributed by atoms with Gasteiger partial charge in [-0.25, -0.2) is 0 Å². The fraction of sp³-hybridized carbons (Fsp3) is 0.0909. The van der Waals surface area contributed by atoms with Gasteiger partial charge in [0.05, 0.1) is 10.7 Å². The molecule has 0 unspecified atom stereocenters. The lowest BCUT2D eigenvalue weighted by Crippen LogP contribution is -2.14. The monoisotopic (exact) mass is 446 g/mol. The van der Waals surface area contributed by atoms with Gasteiger partial charge in [0.1, 0.15) is 0 Å². The molecule has 0 spiro atoms. The average molecular weight is 446 g/mol. The van der Waals surface area contributed by atoms with Crippen LogP contribution in [0.2, 0.25) is 0 Å². The number of amides is 1. The molecule has 10 heteroatoms. The predicted octanol–water partition coefficient (Wildman–Crippen LogP) is 4.28. The van der Waals surface area contributed by atoms with E-state index in [9.17, 15) is 14.9 Å². The van der Waals surface area contributed by atoms with Gasteiger partial charge in [0, 0.05) is 41.5 Å². The van der Waals surface area contributed by atoms with Crippen LogP contribution < -0.4 is 5.32 Å². The molecular formula is C22H18N6O3S. The molecular weight excluding hydrogens is 428 g/mol. The zero-order chi connectivity index (χ0) is 22.5. The lowest BCUT2D eigenvalue weighted by Gasteiger charge is -2.11. The number of hydrogen-bond acceptors (Lipinski definition) is 7. The lowest BCUT2D eigenvalue weighted by atomic mass is 10.2. The Bertz CT molecular complexity index is 1240. The van der Waals surface area contributed by atoms with Crippen LogP contribution >= 0.6 is 11.8 Å². The number of nitro groups is 1. The maximum atomic E-state index is 12.4. The molecule has 1 N–H and O–H groups in total. The fourth-order valence-electron chi connectivity index (χ4n) is 2.97. The van der Waals surface area contributed by atoms with Crippen LogP contribution in [0.25, 0.3) is 17.1 Å². The molecule has 2 heterocycles. The smallest absolute Gasteiger partial charge is 0.269 e. The van der Waals surface area contributed by atoms with Gasteiger partial charge in [0.15, 0.2) is 11.0 Å². The largest absolute Gasteiger partial charge is 0.325 e. The van der Waals surface area contributed by atoms with Crippen molar-refractivity contribution in [2.24, 2.45) is 0 Å². The molecule has 4 rings (SSSR count). The Labute approximate surface area is 187 Å². The van der Waals surface area contributed by atoms with Crippen molar-refractivity contribution >= 4 is 29.0 Å². The van der Waals surface area contributed by atoms with Gasteiger partial charge >= 0.3 is 0 Å². The van der Waals surface area contributed by atoms with Gasteiger partial charge in [-0.2, -0.15) is 0 Å². The van der Waals surface area contributed by atoms with Crippen LogP contribution in [-0.2, 0) is 4.79 Å². The maximum Gasteiger partial charge on any atom is 0.269 e. The maximum absolute atomic E-state index is 12.4. The highest BCUT2D eigenvalue weighted by Gasteiger charge is 2.17. The van der Waals surface area contributed by atoms with Gasteiger partial charge in [-0.3, -0.25) is 24.5 Å². The molecule has 0 saturated carbocycles. The summed E-state index contributed by atoms with van der Waals surface area (Å²) < 4.78 is 1.90. The minimum absolute atomic E-state index is 0.0350. The third-order valence-corrected chi connectivity index (χ3v) is 5.49. The first kappa shape index (κ1) is 21.2. The molecule has 0 aliphatic rings. The Balaban J connectivity index is 1.54. The molecule has 0 aliphatic heterocycles. The number of benzene rings is 2. The van der Waals surface area contributed by atoms with E-state index in [2.05, 4.69) is 20.5 Å². The summed E-state index contributed by atoms with van der Waals surface area (Å²) in [6.07, 6.45) is 3.38. The molecule has 0 saturated heterocycles. The van der Waals surface area contributed by atoms with Crippen molar-refractivity contribution in [1.82, 2.24) is 19.7 Å². The SMILES string of the molecule is Cc1ccc(-n2c(SCC(=O)Nc3ccc([N+](=O)[O-])cc3)nnc2-c2ccncc2)cc1. The minimum atomic E-state index is -0.486. The minimum Gasteiger partial charge on any atom is -0.325 e. The molecule has 0 atom stereocenters. The predicted molar refractivity (Wildman–Crippen MR) is 122 cm³/mol. The molecule has 0 radical (unpaired) electrons. The van der Waals surface area contributed by atoms with E-state index in [1.165, 1.54) is 36.0 Å². The standard InChI is InChI=1S/C22H18N6O3S/c1-15-2-6-18(7-3-15)27-21(16-10-12-23-13-11-16)25-26-22(27)32-14-20(29)24-17-4-8-19(9-5-17)28(30)31/h2-13H,14H2,1H3,(H,24,29). The van der Waals surface area contributed by atoms with Crippen LogP contribution in [0.3, 0.4) is 0 Å². The van der Waals surface area contributed by atoms with Gasteiger partial charge < -0.3 is 5.32 Å². The normalized spacial score (nSPS) is 10.7. The molecule has 32 heavy (non-hydrogen) atoms. The van der Waals surface area contributed by atoms with Crippen LogP contribution in [0.15, 0.2) is 78.2 Å². The summed E-state index contributed by atoms with van der Waals surface area (Å²) in [7, 11) is 0. The van der Waals surface area contributed by atoms with Crippen molar-refractivity contribution in [3.63, 3.8) is 0 Å². The molecule has 2 aromatic carbocycles. The number of nitro benzene ring substituents is 1. The van der Waals surface area contributed by atoms with E-state index in [1.807, 2.05) is 47.9 Å². The first-order valence-electron chi connectivity index (χ1n) is 9.61. The van der Waals surface area contributed by atoms with Crippen molar-refractivity contribution in [2.75, 3.05) is 11.1 Å². The van der Waals surface area contributed by atoms with E-state index in [4.69, 9.17) is 0 Å². The zero-order valence-corrected chi connectivity index (χ0v) is 17.8. The van der Waals surface area contributed by atoms with Crippen LogP contribution in [0.4, 0.5) is 11.4 Å². The van der Waals surface area contributed by atoms with Crippen molar-refractivity contribution in [1.29, 1.82) is 0 Å². The summed E-state index contributed by atoms with van der Waals surface area (Å²) in [5, 5.41) is 22.7. The van der Waals surface area contributed by atoms with Crippen LogP contribution in [0, 0.1) is 17.0 Å². The van der Waals surface area contributed by atoms with E-state index < -0.39 is 4.92 Å². The Morgan fingerprint density at radius 1 is 1.03 bits per heavy atom. The number of rotatable bonds is 7. The second kappa shape index (κ2) is 9.40. The summed E-state index contributed by atoms with van der Waals surface area (Å²) in [5.41, 5.74) is 3.32. The van der Waals surface area contributed by atoms with Crippen LogP contribution in [0.1, 0.15) is 5.56 Å². The Morgan fingerprint density at radius 2 is 1.72 bits per heavy atom. The number of aryl methyl sites for hydroxylation is 1. The van der Waals surface area contributed by atoms with Crippen molar-refractivity contribution in [3.8, 4) is 17.1 Å². The summed E-state index contributed by atoms with van der Waals surface area (Å²) in [6.45, 7) is 2.01. The summed E-state index contributed by atoms with van der Waals surface area (Å²) in [4.78, 5) is 26.8. The highest BCUT2D eigenvalue weighted by Crippen LogP contribution is 2.28. The topological polar surface area (TPSA) is 116 Å². The van der Waals surface area contributed by atoms with Gasteiger partial charge in [0.25, 0.3) is 5.69 Å². The highest BCUT2D eigenvalue weighted by atomic mass is 32.2. The molecule has 0 aliphatic carbocycles. The molecule has 160 valence electrons. The van der Waals surface area contributed by atoms with Gasteiger partial charge in [-0.05, 0) is 43.3 Å². The van der Waals surface area contributed by atoms with Crippen molar-refractivity contribution in [3.05, 3.63) is 88.7 Å². The number of thioether (sulfide) groups is 1. The summed E-state index contributed by atoms with van der Waals surface area (Å²) in [5.74, 6) is 0.486. The third kappa shape index (κ3) is 4.81. The molecule has 4 aromatic rings. The number of non-ortho nitro benzene ring substituents is 1. The first-order chi connectivity index (χ1) is 15.5. The third-order valence-electron chi connectivity index (χ3n) is 4.56.